The molecule has 0 radical (unpaired) electrons. The number of hydrogen-bond donors (Lipinski definition) is 2. The number of benzene rings is 1. The maximum Gasteiger partial charge on any atom is 0.416 e. The number of halogens is 3. The first-order valence-corrected chi connectivity index (χ1v) is 6.70. The molecule has 1 heterocycles. The van der Waals surface area contributed by atoms with Crippen LogP contribution in [0.5, 0.6) is 0 Å². The molecule has 1 aromatic carbocycles. The Bertz CT molecular complexity index is 488. The number of aliphatic hydroxyl groups excluding tert-OH is 1. The van der Waals surface area contributed by atoms with E-state index in [9.17, 15) is 23.1 Å². The molecule has 0 bridgehead atoms. The van der Waals surface area contributed by atoms with E-state index < -0.39 is 17.8 Å². The predicted molar refractivity (Wildman–Crippen MR) is 70.5 cm³/mol. The zero-order valence-electron chi connectivity index (χ0n) is 11.4. The van der Waals surface area contributed by atoms with E-state index in [1.165, 1.54) is 12.1 Å². The normalized spacial score (nSPS) is 19.0. The smallest absolute Gasteiger partial charge is 0.387 e. The first-order valence-electron chi connectivity index (χ1n) is 6.70. The van der Waals surface area contributed by atoms with Crippen LogP contribution in [-0.2, 0) is 11.0 Å². The molecule has 21 heavy (non-hydrogen) atoms. The Hall–Kier alpha value is -1.60. The molecule has 2 rings (SSSR count). The van der Waals surface area contributed by atoms with E-state index in [1.807, 2.05) is 4.90 Å². The number of carbonyl (C=O) groups is 1. The number of β-amino-alcohol motifs (C(OH)–C–C–N with tert-alkyl or cyclic N) is 1. The van der Waals surface area contributed by atoms with Gasteiger partial charge in [0, 0.05) is 32.6 Å². The van der Waals surface area contributed by atoms with Crippen LogP contribution < -0.4 is 5.32 Å². The van der Waals surface area contributed by atoms with Crippen LogP contribution in [-0.4, -0.2) is 42.1 Å². The molecule has 1 atom stereocenters. The molecule has 2 N–H and O–H groups in total. The van der Waals surface area contributed by atoms with Gasteiger partial charge >= 0.3 is 6.18 Å². The monoisotopic (exact) mass is 302 g/mol. The second-order valence-electron chi connectivity index (χ2n) is 5.04. The first kappa shape index (κ1) is 15.8. The highest BCUT2D eigenvalue weighted by Gasteiger charge is 2.30. The zero-order valence-corrected chi connectivity index (χ0v) is 11.4. The number of nitrogens with one attached hydrogen (secondary N) is 1. The maximum atomic E-state index is 12.5. The van der Waals surface area contributed by atoms with Crippen LogP contribution in [0.25, 0.3) is 0 Å². The number of alkyl halides is 3. The van der Waals surface area contributed by atoms with Crippen LogP contribution in [0.15, 0.2) is 24.3 Å². The number of carbonyl (C=O) groups excluding carboxylic acids is 1. The van der Waals surface area contributed by atoms with E-state index in [1.54, 1.807) is 0 Å². The Balaban J connectivity index is 1.96. The summed E-state index contributed by atoms with van der Waals surface area (Å²) >= 11 is 0. The summed E-state index contributed by atoms with van der Waals surface area (Å²) in [5.74, 6) is -0.0264. The molecule has 0 saturated carbocycles. The Morgan fingerprint density at radius 3 is 2.52 bits per heavy atom. The van der Waals surface area contributed by atoms with Gasteiger partial charge in [-0.2, -0.15) is 13.2 Å². The molecule has 1 fully saturated rings. The van der Waals surface area contributed by atoms with Gasteiger partial charge in [0.15, 0.2) is 0 Å². The third-order valence-corrected chi connectivity index (χ3v) is 3.46. The maximum absolute atomic E-state index is 12.5. The highest BCUT2D eigenvalue weighted by atomic mass is 19.4. The van der Waals surface area contributed by atoms with E-state index in [4.69, 9.17) is 0 Å². The number of rotatable bonds is 3. The quantitative estimate of drug-likeness (QED) is 0.891. The summed E-state index contributed by atoms with van der Waals surface area (Å²) in [6.07, 6.45) is -4.89. The number of amides is 1. The molecule has 1 saturated heterocycles. The molecule has 4 nitrogen and oxygen atoms in total. The topological polar surface area (TPSA) is 52.6 Å². The highest BCUT2D eigenvalue weighted by Crippen LogP contribution is 2.30. The lowest BCUT2D eigenvalue weighted by molar-refractivity contribution is -0.137. The van der Waals surface area contributed by atoms with Gasteiger partial charge in [0.1, 0.15) is 0 Å². The van der Waals surface area contributed by atoms with Crippen molar-refractivity contribution in [2.75, 3.05) is 26.2 Å². The van der Waals surface area contributed by atoms with E-state index in [2.05, 4.69) is 5.32 Å². The predicted octanol–water partition coefficient (Wildman–Crippen LogP) is 1.56. The molecular weight excluding hydrogens is 285 g/mol. The van der Waals surface area contributed by atoms with E-state index >= 15 is 0 Å². The van der Waals surface area contributed by atoms with Crippen molar-refractivity contribution >= 4 is 5.91 Å². The molecule has 1 aliphatic heterocycles. The summed E-state index contributed by atoms with van der Waals surface area (Å²) in [4.78, 5) is 13.1. The fourth-order valence-electron chi connectivity index (χ4n) is 2.24. The van der Waals surface area contributed by atoms with Gasteiger partial charge in [0.05, 0.1) is 11.7 Å². The van der Waals surface area contributed by atoms with Crippen molar-refractivity contribution in [1.29, 1.82) is 0 Å². The van der Waals surface area contributed by atoms with Crippen molar-refractivity contribution < 1.29 is 23.1 Å². The molecule has 0 spiro atoms. The van der Waals surface area contributed by atoms with E-state index in [0.29, 0.717) is 38.2 Å². The molecular formula is C14H17F3N2O2. The van der Waals surface area contributed by atoms with E-state index in [0.717, 1.165) is 12.1 Å². The summed E-state index contributed by atoms with van der Waals surface area (Å²) in [6.45, 7) is 1.95. The fourth-order valence-corrected chi connectivity index (χ4v) is 2.24. The summed E-state index contributed by atoms with van der Waals surface area (Å²) in [5, 5.41) is 12.8. The van der Waals surface area contributed by atoms with Crippen molar-refractivity contribution in [2.24, 2.45) is 0 Å². The average Bonchev–Trinajstić information content (AvgIpc) is 2.63. The lowest BCUT2D eigenvalue weighted by Crippen LogP contribution is -2.32. The largest absolute Gasteiger partial charge is 0.416 e. The Labute approximate surface area is 120 Å². The molecule has 1 amide bonds. The van der Waals surface area contributed by atoms with Crippen LogP contribution in [0.4, 0.5) is 13.2 Å². The van der Waals surface area contributed by atoms with Gasteiger partial charge in [-0.1, -0.05) is 12.1 Å². The average molecular weight is 302 g/mol. The lowest BCUT2D eigenvalue weighted by Gasteiger charge is -2.23. The Morgan fingerprint density at radius 1 is 1.24 bits per heavy atom. The van der Waals surface area contributed by atoms with Gasteiger partial charge in [0.2, 0.25) is 5.91 Å². The molecule has 1 aliphatic rings. The molecule has 7 heteroatoms. The van der Waals surface area contributed by atoms with Crippen molar-refractivity contribution in [2.45, 2.75) is 18.7 Å². The lowest BCUT2D eigenvalue weighted by atomic mass is 10.1. The first-order chi connectivity index (χ1) is 9.86. The molecule has 1 aromatic rings. The van der Waals surface area contributed by atoms with Gasteiger partial charge in [-0.05, 0) is 17.7 Å². The summed E-state index contributed by atoms with van der Waals surface area (Å²) < 4.78 is 37.4. The van der Waals surface area contributed by atoms with Gasteiger partial charge in [-0.25, -0.2) is 0 Å². The van der Waals surface area contributed by atoms with Crippen molar-refractivity contribution in [3.8, 4) is 0 Å². The Morgan fingerprint density at radius 2 is 1.90 bits per heavy atom. The van der Waals surface area contributed by atoms with Crippen molar-refractivity contribution in [1.82, 2.24) is 10.2 Å². The second kappa shape index (κ2) is 6.44. The van der Waals surface area contributed by atoms with Crippen LogP contribution in [0.2, 0.25) is 0 Å². The SMILES string of the molecule is O=C1CCN(C[C@@H](O)c2ccc(C(F)(F)F)cc2)CCN1. The number of hydrogen-bond acceptors (Lipinski definition) is 3. The van der Waals surface area contributed by atoms with Crippen LogP contribution in [0.1, 0.15) is 23.7 Å². The standard InChI is InChI=1S/C14H17F3N2O2/c15-14(16,17)11-3-1-10(2-4-11)12(20)9-19-7-5-13(21)18-6-8-19/h1-4,12,20H,5-9H2,(H,18,21)/t12-/m1/s1. The Kier molecular flexibility index (Phi) is 4.84. The van der Waals surface area contributed by atoms with Crippen LogP contribution >= 0.6 is 0 Å². The van der Waals surface area contributed by atoms with Crippen molar-refractivity contribution in [3.05, 3.63) is 35.4 Å². The van der Waals surface area contributed by atoms with Crippen LogP contribution in [0, 0.1) is 0 Å². The third kappa shape index (κ3) is 4.44. The summed E-state index contributed by atoms with van der Waals surface area (Å²) in [6, 6.07) is 4.50. The second-order valence-corrected chi connectivity index (χ2v) is 5.04. The van der Waals surface area contributed by atoms with Gasteiger partial charge in [-0.3, -0.25) is 9.69 Å². The zero-order chi connectivity index (χ0) is 15.5. The number of aliphatic hydroxyl groups is 1. The molecule has 0 aromatic heterocycles. The fraction of sp³-hybridized carbons (Fsp3) is 0.500. The van der Waals surface area contributed by atoms with Gasteiger partial charge in [0.25, 0.3) is 0 Å². The third-order valence-electron chi connectivity index (χ3n) is 3.46. The van der Waals surface area contributed by atoms with Crippen molar-refractivity contribution in [3.63, 3.8) is 0 Å². The summed E-state index contributed by atoms with van der Waals surface area (Å²) in [7, 11) is 0. The molecule has 0 unspecified atom stereocenters. The minimum Gasteiger partial charge on any atom is -0.387 e. The highest BCUT2D eigenvalue weighted by molar-refractivity contribution is 5.76. The summed E-state index contributed by atoms with van der Waals surface area (Å²) in [5.41, 5.74) is -0.297. The van der Waals surface area contributed by atoms with Gasteiger partial charge in [-0.15, -0.1) is 0 Å². The van der Waals surface area contributed by atoms with Crippen LogP contribution in [0.3, 0.4) is 0 Å². The number of nitrogens with zero attached hydrogens (tertiary/aromatic N) is 1. The molecule has 116 valence electrons. The minimum absolute atomic E-state index is 0.0264. The minimum atomic E-state index is -4.37. The molecule has 0 aliphatic carbocycles. The van der Waals surface area contributed by atoms with Gasteiger partial charge < -0.3 is 10.4 Å². The van der Waals surface area contributed by atoms with E-state index in [-0.39, 0.29) is 5.91 Å².